The van der Waals surface area contributed by atoms with E-state index in [9.17, 15) is 4.79 Å². The zero-order valence-corrected chi connectivity index (χ0v) is 15.9. The van der Waals surface area contributed by atoms with Gasteiger partial charge in [-0.15, -0.1) is 0 Å². The molecule has 3 N–H and O–H groups in total. The number of amides is 1. The van der Waals surface area contributed by atoms with Crippen LogP contribution in [0, 0.1) is 6.92 Å². The van der Waals surface area contributed by atoms with E-state index in [0.717, 1.165) is 21.9 Å². The van der Waals surface area contributed by atoms with Crippen LogP contribution in [-0.4, -0.2) is 28.3 Å². The standard InChI is InChI=1S/C21H22NO4P/c1-15-5-4-6-16(11-15)12-20(14-26-27(24)25)22-21(23)19-10-9-17-7-2-3-8-18(17)13-19/h2-11,13,20,24-25H,12,14H2,1H3,(H,22,23). The van der Waals surface area contributed by atoms with Crippen LogP contribution in [-0.2, 0) is 10.9 Å². The Morgan fingerprint density at radius 1 is 1.04 bits per heavy atom. The molecule has 0 aromatic heterocycles. The van der Waals surface area contributed by atoms with Gasteiger partial charge < -0.3 is 19.6 Å². The molecular formula is C21H22NO4P. The van der Waals surface area contributed by atoms with Gasteiger partial charge in [-0.1, -0.05) is 60.2 Å². The van der Waals surface area contributed by atoms with Crippen molar-refractivity contribution in [3.05, 3.63) is 83.4 Å². The molecule has 5 nitrogen and oxygen atoms in total. The highest BCUT2D eigenvalue weighted by atomic mass is 31.2. The van der Waals surface area contributed by atoms with Gasteiger partial charge in [0, 0.05) is 5.56 Å². The molecule has 0 heterocycles. The van der Waals surface area contributed by atoms with E-state index in [1.165, 1.54) is 0 Å². The number of carbonyl (C=O) groups excluding carboxylic acids is 1. The van der Waals surface area contributed by atoms with E-state index in [2.05, 4.69) is 5.32 Å². The molecule has 27 heavy (non-hydrogen) atoms. The number of rotatable bonds is 7. The number of aryl methyl sites for hydroxylation is 1. The average Bonchev–Trinajstić information content (AvgIpc) is 2.65. The minimum absolute atomic E-state index is 0.0198. The van der Waals surface area contributed by atoms with Crippen molar-refractivity contribution in [1.29, 1.82) is 0 Å². The van der Waals surface area contributed by atoms with Crippen LogP contribution >= 0.6 is 8.60 Å². The van der Waals surface area contributed by atoms with E-state index >= 15 is 0 Å². The summed E-state index contributed by atoms with van der Waals surface area (Å²) in [7, 11) is -2.47. The molecule has 0 bridgehead atoms. The number of hydrogen-bond donors (Lipinski definition) is 3. The van der Waals surface area contributed by atoms with Crippen molar-refractivity contribution < 1.29 is 19.1 Å². The fourth-order valence-corrected chi connectivity index (χ4v) is 3.34. The van der Waals surface area contributed by atoms with Crippen molar-refractivity contribution in [2.45, 2.75) is 19.4 Å². The largest absolute Gasteiger partial charge is 0.347 e. The Hall–Kier alpha value is -2.30. The van der Waals surface area contributed by atoms with Crippen molar-refractivity contribution in [2.24, 2.45) is 0 Å². The van der Waals surface area contributed by atoms with Crippen LogP contribution in [0.5, 0.6) is 0 Å². The summed E-state index contributed by atoms with van der Waals surface area (Å²) in [6, 6.07) is 21.0. The quantitative estimate of drug-likeness (QED) is 0.544. The lowest BCUT2D eigenvalue weighted by Crippen LogP contribution is -2.39. The minimum Gasteiger partial charge on any atom is -0.347 e. The molecule has 3 aromatic rings. The van der Waals surface area contributed by atoms with Gasteiger partial charge >= 0.3 is 8.60 Å². The molecule has 0 saturated heterocycles. The molecule has 0 fully saturated rings. The van der Waals surface area contributed by atoms with Crippen LogP contribution in [0.15, 0.2) is 66.7 Å². The molecule has 140 valence electrons. The van der Waals surface area contributed by atoms with Crippen molar-refractivity contribution in [3.63, 3.8) is 0 Å². The fraction of sp³-hybridized carbons (Fsp3) is 0.190. The van der Waals surface area contributed by atoms with Crippen molar-refractivity contribution in [3.8, 4) is 0 Å². The molecule has 3 aromatic carbocycles. The monoisotopic (exact) mass is 383 g/mol. The van der Waals surface area contributed by atoms with Crippen molar-refractivity contribution in [1.82, 2.24) is 5.32 Å². The second-order valence-electron chi connectivity index (χ2n) is 6.47. The Morgan fingerprint density at radius 2 is 1.81 bits per heavy atom. The van der Waals surface area contributed by atoms with Gasteiger partial charge in [0.25, 0.3) is 5.91 Å². The second kappa shape index (κ2) is 9.07. The molecule has 0 spiro atoms. The minimum atomic E-state index is -2.47. The van der Waals surface area contributed by atoms with Crippen molar-refractivity contribution in [2.75, 3.05) is 6.61 Å². The zero-order valence-electron chi connectivity index (χ0n) is 15.0. The summed E-state index contributed by atoms with van der Waals surface area (Å²) < 4.78 is 4.97. The van der Waals surface area contributed by atoms with Gasteiger partial charge in [-0.25, -0.2) is 0 Å². The fourth-order valence-electron chi connectivity index (χ4n) is 3.03. The van der Waals surface area contributed by atoms with Gasteiger partial charge in [-0.05, 0) is 41.8 Å². The van der Waals surface area contributed by atoms with E-state index in [-0.39, 0.29) is 18.6 Å². The Kier molecular flexibility index (Phi) is 6.54. The summed E-state index contributed by atoms with van der Waals surface area (Å²) in [5.41, 5.74) is 2.72. The lowest BCUT2D eigenvalue weighted by Gasteiger charge is -2.19. The number of carbonyl (C=O) groups is 1. The zero-order chi connectivity index (χ0) is 19.2. The molecule has 0 aliphatic carbocycles. The summed E-state index contributed by atoms with van der Waals surface area (Å²) in [5, 5.41) is 5.01. The number of benzene rings is 3. The van der Waals surface area contributed by atoms with Gasteiger partial charge in [0.1, 0.15) is 0 Å². The lowest BCUT2D eigenvalue weighted by atomic mass is 10.0. The third kappa shape index (κ3) is 5.59. The molecule has 0 saturated carbocycles. The average molecular weight is 383 g/mol. The van der Waals surface area contributed by atoms with E-state index < -0.39 is 8.60 Å². The maximum absolute atomic E-state index is 12.7. The summed E-state index contributed by atoms with van der Waals surface area (Å²) >= 11 is 0. The first-order chi connectivity index (χ1) is 13.0. The van der Waals surface area contributed by atoms with Crippen LogP contribution < -0.4 is 5.32 Å². The van der Waals surface area contributed by atoms with Crippen molar-refractivity contribution >= 4 is 25.3 Å². The molecule has 1 atom stereocenters. The summed E-state index contributed by atoms with van der Waals surface area (Å²) in [4.78, 5) is 30.8. The van der Waals surface area contributed by atoms with Gasteiger partial charge in [-0.2, -0.15) is 0 Å². The Labute approximate surface area is 159 Å². The van der Waals surface area contributed by atoms with Crippen LogP contribution in [0.4, 0.5) is 0 Å². The molecule has 3 rings (SSSR count). The number of fused-ring (bicyclic) bond motifs is 1. The highest BCUT2D eigenvalue weighted by Gasteiger charge is 2.17. The number of hydrogen-bond acceptors (Lipinski definition) is 4. The van der Waals surface area contributed by atoms with E-state index in [1.54, 1.807) is 6.07 Å². The molecular weight excluding hydrogens is 361 g/mol. The number of nitrogens with one attached hydrogen (secondary N) is 1. The first kappa shape index (κ1) is 19.5. The Morgan fingerprint density at radius 3 is 2.56 bits per heavy atom. The van der Waals surface area contributed by atoms with Crippen LogP contribution in [0.3, 0.4) is 0 Å². The summed E-state index contributed by atoms with van der Waals surface area (Å²) in [6.07, 6.45) is 0.532. The highest BCUT2D eigenvalue weighted by Crippen LogP contribution is 2.25. The summed E-state index contributed by atoms with van der Waals surface area (Å²) in [5.74, 6) is -0.220. The van der Waals surface area contributed by atoms with Crippen LogP contribution in [0.1, 0.15) is 21.5 Å². The maximum atomic E-state index is 12.7. The van der Waals surface area contributed by atoms with Crippen LogP contribution in [0.2, 0.25) is 0 Å². The van der Waals surface area contributed by atoms with Crippen LogP contribution in [0.25, 0.3) is 10.8 Å². The van der Waals surface area contributed by atoms with Gasteiger partial charge in [0.05, 0.1) is 12.6 Å². The van der Waals surface area contributed by atoms with E-state index in [0.29, 0.717) is 12.0 Å². The Bertz CT molecular complexity index is 929. The van der Waals surface area contributed by atoms with Gasteiger partial charge in [0.2, 0.25) is 0 Å². The first-order valence-corrected chi connectivity index (χ1v) is 9.84. The van der Waals surface area contributed by atoms with E-state index in [4.69, 9.17) is 14.3 Å². The normalized spacial score (nSPS) is 12.3. The second-order valence-corrected chi connectivity index (χ2v) is 7.24. The SMILES string of the molecule is Cc1cccc(CC(COP(O)O)NC(=O)c2ccc3ccccc3c2)c1. The molecule has 0 aliphatic rings. The highest BCUT2D eigenvalue weighted by molar-refractivity contribution is 7.39. The summed E-state index contributed by atoms with van der Waals surface area (Å²) in [6.45, 7) is 2.02. The topological polar surface area (TPSA) is 78.8 Å². The molecule has 1 amide bonds. The van der Waals surface area contributed by atoms with Gasteiger partial charge in [0.15, 0.2) is 0 Å². The molecule has 6 heteroatoms. The van der Waals surface area contributed by atoms with E-state index in [1.807, 2.05) is 67.6 Å². The third-order valence-electron chi connectivity index (χ3n) is 4.30. The van der Waals surface area contributed by atoms with Gasteiger partial charge in [-0.3, -0.25) is 4.79 Å². The lowest BCUT2D eigenvalue weighted by molar-refractivity contribution is 0.0917. The smallest absolute Gasteiger partial charge is 0.327 e. The Balaban J connectivity index is 1.75. The molecule has 1 unspecified atom stereocenters. The predicted octanol–water partition coefficient (Wildman–Crippen LogP) is 3.72. The third-order valence-corrected chi connectivity index (χ3v) is 4.68. The first-order valence-electron chi connectivity index (χ1n) is 8.67. The predicted molar refractivity (Wildman–Crippen MR) is 107 cm³/mol. The maximum Gasteiger partial charge on any atom is 0.327 e. The molecule has 0 radical (unpaired) electrons. The molecule has 0 aliphatic heterocycles.